The van der Waals surface area contributed by atoms with Crippen molar-refractivity contribution in [2.45, 2.75) is 40.0 Å². The Labute approximate surface area is 102 Å². The van der Waals surface area contributed by atoms with Crippen LogP contribution in [0.5, 0.6) is 5.75 Å². The molecule has 0 radical (unpaired) electrons. The Bertz CT molecular complexity index is 373. The molecule has 0 saturated heterocycles. The maximum atomic E-state index is 10.6. The number of benzene rings is 1. The molecule has 0 unspecified atom stereocenters. The van der Waals surface area contributed by atoms with Gasteiger partial charge in [0.1, 0.15) is 5.75 Å². The van der Waals surface area contributed by atoms with E-state index in [-0.39, 0.29) is 6.42 Å². The average molecular weight is 236 g/mol. The summed E-state index contributed by atoms with van der Waals surface area (Å²) in [5.41, 5.74) is 3.34. The summed E-state index contributed by atoms with van der Waals surface area (Å²) in [7, 11) is 0. The molecule has 1 N–H and O–H groups in total. The van der Waals surface area contributed by atoms with Gasteiger partial charge >= 0.3 is 5.97 Å². The highest BCUT2D eigenvalue weighted by Crippen LogP contribution is 2.23. The molecule has 3 heteroatoms. The predicted octanol–water partition coefficient (Wildman–Crippen LogP) is 3.11. The number of rotatable bonds is 6. The van der Waals surface area contributed by atoms with Crippen LogP contribution in [-0.2, 0) is 11.2 Å². The van der Waals surface area contributed by atoms with Gasteiger partial charge in [0.2, 0.25) is 0 Å². The van der Waals surface area contributed by atoms with Crippen LogP contribution in [0, 0.1) is 13.8 Å². The summed E-state index contributed by atoms with van der Waals surface area (Å²) >= 11 is 0. The first-order valence-electron chi connectivity index (χ1n) is 5.99. The van der Waals surface area contributed by atoms with Crippen LogP contribution < -0.4 is 4.74 Å². The summed E-state index contributed by atoms with van der Waals surface area (Å²) in [6, 6.07) is 3.97. The summed E-state index contributed by atoms with van der Waals surface area (Å²) in [5, 5.41) is 8.70. The molecule has 0 heterocycles. The van der Waals surface area contributed by atoms with Crippen molar-refractivity contribution in [3.63, 3.8) is 0 Å². The van der Waals surface area contributed by atoms with E-state index in [9.17, 15) is 4.79 Å². The number of carboxylic acid groups (broad SMARTS) is 1. The number of hydrogen-bond donors (Lipinski definition) is 1. The van der Waals surface area contributed by atoms with Gasteiger partial charge in [-0.1, -0.05) is 6.92 Å². The molecule has 3 nitrogen and oxygen atoms in total. The van der Waals surface area contributed by atoms with Crippen LogP contribution >= 0.6 is 0 Å². The lowest BCUT2D eigenvalue weighted by molar-refractivity contribution is -0.136. The second-order valence-corrected chi connectivity index (χ2v) is 4.28. The lowest BCUT2D eigenvalue weighted by atomic mass is 9.98. The van der Waals surface area contributed by atoms with Crippen molar-refractivity contribution < 1.29 is 14.6 Å². The molecule has 0 bridgehead atoms. The summed E-state index contributed by atoms with van der Waals surface area (Å²) < 4.78 is 5.58. The fraction of sp³-hybridized carbons (Fsp3) is 0.500. The van der Waals surface area contributed by atoms with E-state index >= 15 is 0 Å². The van der Waals surface area contributed by atoms with E-state index in [1.165, 1.54) is 0 Å². The molecule has 94 valence electrons. The Morgan fingerprint density at radius 2 is 1.88 bits per heavy atom. The van der Waals surface area contributed by atoms with Crippen molar-refractivity contribution >= 4 is 5.97 Å². The minimum atomic E-state index is -0.755. The molecule has 0 aliphatic heterocycles. The van der Waals surface area contributed by atoms with Crippen molar-refractivity contribution in [3.8, 4) is 5.75 Å². The average Bonchev–Trinajstić information content (AvgIpc) is 2.24. The van der Waals surface area contributed by atoms with Crippen molar-refractivity contribution in [3.05, 3.63) is 28.8 Å². The van der Waals surface area contributed by atoms with Gasteiger partial charge in [-0.3, -0.25) is 4.79 Å². The van der Waals surface area contributed by atoms with Gasteiger partial charge < -0.3 is 9.84 Å². The molecular formula is C14H20O3. The first-order valence-corrected chi connectivity index (χ1v) is 5.99. The Kier molecular flexibility index (Phi) is 5.01. The first-order chi connectivity index (χ1) is 8.04. The smallest absolute Gasteiger partial charge is 0.303 e. The molecule has 1 aromatic rings. The molecule has 0 aromatic heterocycles. The Morgan fingerprint density at radius 1 is 1.29 bits per heavy atom. The highest BCUT2D eigenvalue weighted by molar-refractivity contribution is 5.67. The van der Waals surface area contributed by atoms with Crippen LogP contribution in [0.3, 0.4) is 0 Å². The van der Waals surface area contributed by atoms with Crippen LogP contribution in [0.4, 0.5) is 0 Å². The number of ether oxygens (including phenoxy) is 1. The highest BCUT2D eigenvalue weighted by Gasteiger charge is 2.07. The zero-order valence-corrected chi connectivity index (χ0v) is 10.7. The van der Waals surface area contributed by atoms with Crippen LogP contribution in [-0.4, -0.2) is 17.7 Å². The Balaban J connectivity index is 2.82. The molecular weight excluding hydrogens is 216 g/mol. The largest absolute Gasteiger partial charge is 0.494 e. The van der Waals surface area contributed by atoms with Crippen LogP contribution in [0.15, 0.2) is 12.1 Å². The van der Waals surface area contributed by atoms with Crippen molar-refractivity contribution in [1.82, 2.24) is 0 Å². The maximum Gasteiger partial charge on any atom is 0.303 e. The minimum absolute atomic E-state index is 0.177. The normalized spacial score (nSPS) is 10.3. The second-order valence-electron chi connectivity index (χ2n) is 4.28. The molecule has 0 atom stereocenters. The van der Waals surface area contributed by atoms with Crippen molar-refractivity contribution in [1.29, 1.82) is 0 Å². The summed E-state index contributed by atoms with van der Waals surface area (Å²) in [6.45, 7) is 6.79. The topological polar surface area (TPSA) is 46.5 Å². The molecule has 1 rings (SSSR count). The third kappa shape index (κ3) is 4.10. The van der Waals surface area contributed by atoms with E-state index in [4.69, 9.17) is 9.84 Å². The maximum absolute atomic E-state index is 10.6. The SMILES string of the molecule is CCCOc1cc(C)c(CCC(=O)O)c(C)c1. The van der Waals surface area contributed by atoms with Gasteiger partial charge in [-0.15, -0.1) is 0 Å². The molecule has 1 aromatic carbocycles. The Hall–Kier alpha value is -1.51. The van der Waals surface area contributed by atoms with Gasteiger partial charge in [0.15, 0.2) is 0 Å². The lowest BCUT2D eigenvalue weighted by Gasteiger charge is -2.12. The fourth-order valence-corrected chi connectivity index (χ4v) is 1.88. The molecule has 0 aliphatic rings. The number of hydrogen-bond acceptors (Lipinski definition) is 2. The van der Waals surface area contributed by atoms with Gasteiger partial charge in [-0.25, -0.2) is 0 Å². The minimum Gasteiger partial charge on any atom is -0.494 e. The van der Waals surface area contributed by atoms with Gasteiger partial charge in [-0.2, -0.15) is 0 Å². The molecule has 17 heavy (non-hydrogen) atoms. The second kappa shape index (κ2) is 6.28. The molecule has 0 aliphatic carbocycles. The van der Waals surface area contributed by atoms with Crippen LogP contribution in [0.1, 0.15) is 36.5 Å². The van der Waals surface area contributed by atoms with Gasteiger partial charge in [-0.05, 0) is 55.5 Å². The van der Waals surface area contributed by atoms with Crippen molar-refractivity contribution in [2.24, 2.45) is 0 Å². The van der Waals surface area contributed by atoms with Crippen LogP contribution in [0.25, 0.3) is 0 Å². The molecule has 0 fully saturated rings. The van der Waals surface area contributed by atoms with Gasteiger partial charge in [0, 0.05) is 6.42 Å². The predicted molar refractivity (Wildman–Crippen MR) is 67.7 cm³/mol. The van der Waals surface area contributed by atoms with E-state index in [0.717, 1.165) is 28.9 Å². The zero-order chi connectivity index (χ0) is 12.8. The van der Waals surface area contributed by atoms with E-state index in [2.05, 4.69) is 6.92 Å². The third-order valence-corrected chi connectivity index (χ3v) is 2.73. The van der Waals surface area contributed by atoms with E-state index in [0.29, 0.717) is 13.0 Å². The summed E-state index contributed by atoms with van der Waals surface area (Å²) in [4.78, 5) is 10.6. The van der Waals surface area contributed by atoms with Gasteiger partial charge in [0.25, 0.3) is 0 Å². The van der Waals surface area contributed by atoms with Crippen LogP contribution in [0.2, 0.25) is 0 Å². The molecule has 0 saturated carbocycles. The number of aryl methyl sites for hydroxylation is 2. The van der Waals surface area contributed by atoms with Gasteiger partial charge in [0.05, 0.1) is 6.61 Å². The lowest BCUT2D eigenvalue weighted by Crippen LogP contribution is -2.02. The first kappa shape index (κ1) is 13.6. The van der Waals surface area contributed by atoms with E-state index < -0.39 is 5.97 Å². The van der Waals surface area contributed by atoms with Crippen molar-refractivity contribution in [2.75, 3.05) is 6.61 Å². The Morgan fingerprint density at radius 3 is 2.35 bits per heavy atom. The summed E-state index contributed by atoms with van der Waals surface area (Å²) in [5.74, 6) is 0.121. The monoisotopic (exact) mass is 236 g/mol. The summed E-state index contributed by atoms with van der Waals surface area (Å²) in [6.07, 6.45) is 1.75. The standard InChI is InChI=1S/C14H20O3/c1-4-7-17-12-8-10(2)13(11(3)9-12)5-6-14(15)16/h8-9H,4-7H2,1-3H3,(H,15,16). The fourth-order valence-electron chi connectivity index (χ4n) is 1.88. The molecule has 0 amide bonds. The number of carbonyl (C=O) groups is 1. The quantitative estimate of drug-likeness (QED) is 0.825. The van der Waals surface area contributed by atoms with E-state index in [1.807, 2.05) is 26.0 Å². The molecule has 0 spiro atoms. The number of carboxylic acids is 1. The number of aliphatic carboxylic acids is 1. The zero-order valence-electron chi connectivity index (χ0n) is 10.7. The van der Waals surface area contributed by atoms with E-state index in [1.54, 1.807) is 0 Å². The highest BCUT2D eigenvalue weighted by atomic mass is 16.5. The third-order valence-electron chi connectivity index (χ3n) is 2.73.